The summed E-state index contributed by atoms with van der Waals surface area (Å²) in [7, 11) is 0. The van der Waals surface area contributed by atoms with E-state index < -0.39 is 0 Å². The maximum absolute atomic E-state index is 5.96. The summed E-state index contributed by atoms with van der Waals surface area (Å²) in [4.78, 5) is 0. The molecule has 0 spiro atoms. The van der Waals surface area contributed by atoms with Crippen LogP contribution >= 0.6 is 11.6 Å². The van der Waals surface area contributed by atoms with Crippen molar-refractivity contribution in [2.75, 3.05) is 12.3 Å². The highest BCUT2D eigenvalue weighted by molar-refractivity contribution is 6.32. The first-order chi connectivity index (χ1) is 6.77. The average Bonchev–Trinajstić information content (AvgIpc) is 2.94. The van der Waals surface area contributed by atoms with Crippen LogP contribution in [0.1, 0.15) is 19.3 Å². The van der Waals surface area contributed by atoms with Crippen LogP contribution in [-0.2, 0) is 0 Å². The first kappa shape index (κ1) is 9.66. The van der Waals surface area contributed by atoms with Crippen LogP contribution in [-0.4, -0.2) is 6.61 Å². The number of para-hydroxylation sites is 1. The van der Waals surface area contributed by atoms with E-state index in [0.29, 0.717) is 16.5 Å². The summed E-state index contributed by atoms with van der Waals surface area (Å²) in [5.74, 6) is 1.51. The second-order valence-corrected chi connectivity index (χ2v) is 4.15. The number of hydrogen-bond acceptors (Lipinski definition) is 2. The quantitative estimate of drug-likeness (QED) is 0.777. The minimum Gasteiger partial charge on any atom is -0.490 e. The molecule has 0 bridgehead atoms. The number of halogens is 1. The molecule has 0 aromatic heterocycles. The van der Waals surface area contributed by atoms with Crippen LogP contribution in [0, 0.1) is 5.92 Å². The lowest BCUT2D eigenvalue weighted by Crippen LogP contribution is -2.01. The minimum atomic E-state index is 0.598. The van der Waals surface area contributed by atoms with Gasteiger partial charge in [-0.05, 0) is 24.5 Å². The molecule has 0 heterocycles. The molecule has 1 saturated carbocycles. The van der Waals surface area contributed by atoms with Crippen molar-refractivity contribution in [2.45, 2.75) is 19.3 Å². The van der Waals surface area contributed by atoms with Gasteiger partial charge in [-0.25, -0.2) is 0 Å². The molecular formula is C11H14ClNO. The number of nitrogen functional groups attached to an aromatic ring is 1. The highest BCUT2D eigenvalue weighted by atomic mass is 35.5. The van der Waals surface area contributed by atoms with Crippen molar-refractivity contribution in [1.82, 2.24) is 0 Å². The molecule has 0 aliphatic heterocycles. The fourth-order valence-electron chi connectivity index (χ4n) is 1.41. The molecule has 2 rings (SSSR count). The number of benzene rings is 1. The summed E-state index contributed by atoms with van der Waals surface area (Å²) in [6.45, 7) is 0.721. The highest BCUT2D eigenvalue weighted by Gasteiger charge is 2.21. The Morgan fingerprint density at radius 2 is 2.21 bits per heavy atom. The zero-order valence-corrected chi connectivity index (χ0v) is 8.76. The fourth-order valence-corrected chi connectivity index (χ4v) is 1.65. The predicted molar refractivity (Wildman–Crippen MR) is 58.7 cm³/mol. The molecule has 0 radical (unpaired) electrons. The normalized spacial score (nSPS) is 15.5. The van der Waals surface area contributed by atoms with Crippen molar-refractivity contribution in [1.29, 1.82) is 0 Å². The summed E-state index contributed by atoms with van der Waals surface area (Å²) in [6, 6.07) is 5.42. The Hall–Kier alpha value is -0.890. The van der Waals surface area contributed by atoms with Gasteiger partial charge in [0, 0.05) is 0 Å². The molecule has 2 N–H and O–H groups in total. The van der Waals surface area contributed by atoms with E-state index in [0.717, 1.165) is 18.9 Å². The van der Waals surface area contributed by atoms with Crippen LogP contribution in [0.3, 0.4) is 0 Å². The summed E-state index contributed by atoms with van der Waals surface area (Å²) < 4.78 is 5.56. The summed E-state index contributed by atoms with van der Waals surface area (Å²) in [5.41, 5.74) is 6.36. The van der Waals surface area contributed by atoms with Gasteiger partial charge in [0.25, 0.3) is 0 Å². The highest BCUT2D eigenvalue weighted by Crippen LogP contribution is 2.34. The Kier molecular flexibility index (Phi) is 2.82. The van der Waals surface area contributed by atoms with Gasteiger partial charge < -0.3 is 10.5 Å². The molecule has 0 amide bonds. The molecular weight excluding hydrogens is 198 g/mol. The molecule has 0 saturated heterocycles. The van der Waals surface area contributed by atoms with Gasteiger partial charge in [-0.1, -0.05) is 30.5 Å². The zero-order valence-electron chi connectivity index (χ0n) is 8.00. The largest absolute Gasteiger partial charge is 0.490 e. The van der Waals surface area contributed by atoms with Gasteiger partial charge >= 0.3 is 0 Å². The first-order valence-corrected chi connectivity index (χ1v) is 5.32. The Morgan fingerprint density at radius 3 is 2.86 bits per heavy atom. The van der Waals surface area contributed by atoms with Gasteiger partial charge in [0.1, 0.15) is 0 Å². The van der Waals surface area contributed by atoms with E-state index in [9.17, 15) is 0 Å². The lowest BCUT2D eigenvalue weighted by atomic mass is 10.3. The maximum atomic E-state index is 5.96. The topological polar surface area (TPSA) is 35.2 Å². The molecule has 1 aromatic rings. The number of ether oxygens (including phenoxy) is 1. The monoisotopic (exact) mass is 211 g/mol. The van der Waals surface area contributed by atoms with E-state index in [1.54, 1.807) is 12.1 Å². The number of anilines is 1. The van der Waals surface area contributed by atoms with Gasteiger partial charge in [-0.15, -0.1) is 0 Å². The van der Waals surface area contributed by atoms with Crippen molar-refractivity contribution in [3.8, 4) is 5.75 Å². The molecule has 1 aliphatic carbocycles. The maximum Gasteiger partial charge on any atom is 0.160 e. The van der Waals surface area contributed by atoms with E-state index in [2.05, 4.69) is 0 Å². The van der Waals surface area contributed by atoms with Crippen LogP contribution in [0.15, 0.2) is 18.2 Å². The molecule has 3 heteroatoms. The Labute approximate surface area is 89.0 Å². The second-order valence-electron chi connectivity index (χ2n) is 3.74. The van der Waals surface area contributed by atoms with Crippen LogP contribution in [0.4, 0.5) is 5.69 Å². The predicted octanol–water partition coefficient (Wildman–Crippen LogP) is 3.10. The Morgan fingerprint density at radius 1 is 1.43 bits per heavy atom. The van der Waals surface area contributed by atoms with Crippen molar-refractivity contribution < 1.29 is 4.74 Å². The number of nitrogens with two attached hydrogens (primary N) is 1. The van der Waals surface area contributed by atoms with E-state index in [4.69, 9.17) is 22.1 Å². The van der Waals surface area contributed by atoms with Crippen molar-refractivity contribution in [3.63, 3.8) is 0 Å². The van der Waals surface area contributed by atoms with Crippen LogP contribution in [0.25, 0.3) is 0 Å². The SMILES string of the molecule is Nc1cccc(Cl)c1OCCC1CC1. The molecule has 1 fully saturated rings. The summed E-state index contributed by atoms with van der Waals surface area (Å²) in [6.07, 6.45) is 3.81. The summed E-state index contributed by atoms with van der Waals surface area (Å²) in [5, 5.41) is 0.598. The van der Waals surface area contributed by atoms with E-state index in [1.165, 1.54) is 12.8 Å². The average molecular weight is 212 g/mol. The Balaban J connectivity index is 1.92. The standard InChI is InChI=1S/C11H14ClNO/c12-9-2-1-3-10(13)11(9)14-7-6-8-4-5-8/h1-3,8H,4-7,13H2. The van der Waals surface area contributed by atoms with Gasteiger partial charge in [0.2, 0.25) is 0 Å². The van der Waals surface area contributed by atoms with Crippen molar-refractivity contribution in [3.05, 3.63) is 23.2 Å². The third kappa shape index (κ3) is 2.32. The zero-order chi connectivity index (χ0) is 9.97. The molecule has 0 atom stereocenters. The summed E-state index contributed by atoms with van der Waals surface area (Å²) >= 11 is 5.96. The minimum absolute atomic E-state index is 0.598. The van der Waals surface area contributed by atoms with Gasteiger partial charge in [0.05, 0.1) is 17.3 Å². The molecule has 76 valence electrons. The van der Waals surface area contributed by atoms with Crippen LogP contribution < -0.4 is 10.5 Å². The molecule has 2 nitrogen and oxygen atoms in total. The van der Waals surface area contributed by atoms with Crippen molar-refractivity contribution >= 4 is 17.3 Å². The van der Waals surface area contributed by atoms with Gasteiger partial charge in [0.15, 0.2) is 5.75 Å². The van der Waals surface area contributed by atoms with Gasteiger partial charge in [-0.3, -0.25) is 0 Å². The lowest BCUT2D eigenvalue weighted by molar-refractivity contribution is 0.304. The van der Waals surface area contributed by atoms with Crippen LogP contribution in [0.5, 0.6) is 5.75 Å². The van der Waals surface area contributed by atoms with Gasteiger partial charge in [-0.2, -0.15) is 0 Å². The first-order valence-electron chi connectivity index (χ1n) is 4.94. The second kappa shape index (κ2) is 4.09. The number of hydrogen-bond donors (Lipinski definition) is 1. The lowest BCUT2D eigenvalue weighted by Gasteiger charge is -2.09. The Bertz CT molecular complexity index is 303. The molecule has 0 unspecified atom stereocenters. The van der Waals surface area contributed by atoms with E-state index in [1.807, 2.05) is 6.07 Å². The smallest absolute Gasteiger partial charge is 0.160 e. The third-order valence-electron chi connectivity index (χ3n) is 2.47. The van der Waals surface area contributed by atoms with E-state index in [-0.39, 0.29) is 0 Å². The number of rotatable bonds is 4. The van der Waals surface area contributed by atoms with Crippen LogP contribution in [0.2, 0.25) is 5.02 Å². The van der Waals surface area contributed by atoms with E-state index >= 15 is 0 Å². The van der Waals surface area contributed by atoms with Crippen molar-refractivity contribution in [2.24, 2.45) is 5.92 Å². The fraction of sp³-hybridized carbons (Fsp3) is 0.455. The molecule has 1 aliphatic rings. The molecule has 14 heavy (non-hydrogen) atoms. The third-order valence-corrected chi connectivity index (χ3v) is 2.76. The molecule has 1 aromatic carbocycles.